The Kier molecular flexibility index (Phi) is 13.9. The lowest BCUT2D eigenvalue weighted by molar-refractivity contribution is -0.145. The number of Topliss-reactive ketones (excluding diaryl/α,β-unsaturated/α-hetero) is 1. The van der Waals surface area contributed by atoms with Crippen molar-refractivity contribution in [2.45, 2.75) is 106 Å². The Bertz CT molecular complexity index is 1530. The van der Waals surface area contributed by atoms with Gasteiger partial charge < -0.3 is 35.8 Å². The third kappa shape index (κ3) is 11.0. The van der Waals surface area contributed by atoms with Gasteiger partial charge in [0.1, 0.15) is 18.1 Å². The zero-order valence-electron chi connectivity index (χ0n) is 33.3. The first-order chi connectivity index (χ1) is 24.5. The predicted octanol–water partition coefficient (Wildman–Crippen LogP) is 2.96. The smallest absolute Gasteiger partial charge is 0.407 e. The number of carbonyl (C=O) groups excluding carboxylic acids is 7. The number of ketones is 1. The summed E-state index contributed by atoms with van der Waals surface area (Å²) in [5.74, 6) is -4.21. The number of amides is 6. The first kappa shape index (κ1) is 42.9. The number of piperidine rings is 1. The van der Waals surface area contributed by atoms with Crippen molar-refractivity contribution in [3.05, 3.63) is 35.9 Å². The molecule has 3 unspecified atom stereocenters. The molecule has 1 heterocycles. The molecule has 14 heteroatoms. The Labute approximate surface area is 313 Å². The number of nitrogens with one attached hydrogen (secondary N) is 4. The molecule has 4 N–H and O–H groups in total. The van der Waals surface area contributed by atoms with E-state index in [-0.39, 0.29) is 41.6 Å². The minimum atomic E-state index is -1.21. The molecule has 1 saturated heterocycles. The second-order valence-electron chi connectivity index (χ2n) is 17.4. The molecule has 3 rings (SSSR count). The van der Waals surface area contributed by atoms with Gasteiger partial charge in [-0.05, 0) is 40.1 Å². The van der Waals surface area contributed by atoms with E-state index in [0.717, 1.165) is 0 Å². The Morgan fingerprint density at radius 3 is 2.11 bits per heavy atom. The average Bonchev–Trinajstić information content (AvgIpc) is 3.38. The van der Waals surface area contributed by atoms with Gasteiger partial charge in [0.05, 0.1) is 19.2 Å². The molecule has 2 aliphatic rings. The molecule has 53 heavy (non-hydrogen) atoms. The number of hydrogen-bond acceptors (Lipinski definition) is 8. The Morgan fingerprint density at radius 2 is 1.57 bits per heavy atom. The minimum absolute atomic E-state index is 0.0290. The first-order valence-corrected chi connectivity index (χ1v) is 18.4. The van der Waals surface area contributed by atoms with E-state index in [1.165, 1.54) is 9.80 Å². The number of unbranched alkanes of at least 4 members (excludes halogenated alkanes) is 1. The van der Waals surface area contributed by atoms with Crippen molar-refractivity contribution in [1.82, 2.24) is 31.1 Å². The molecule has 294 valence electrons. The van der Waals surface area contributed by atoms with Crippen molar-refractivity contribution in [1.29, 1.82) is 0 Å². The molecule has 1 saturated carbocycles. The van der Waals surface area contributed by atoms with Crippen LogP contribution in [0.15, 0.2) is 30.3 Å². The lowest BCUT2D eigenvalue weighted by Gasteiger charge is -2.37. The van der Waals surface area contributed by atoms with Crippen LogP contribution in [0.3, 0.4) is 0 Å². The minimum Gasteiger partial charge on any atom is -0.449 e. The van der Waals surface area contributed by atoms with Crippen molar-refractivity contribution in [2.75, 3.05) is 33.8 Å². The van der Waals surface area contributed by atoms with Gasteiger partial charge in [-0.25, -0.2) is 4.79 Å². The number of alkyl carbamates (subject to hydrolysis) is 1. The van der Waals surface area contributed by atoms with Crippen LogP contribution in [0.5, 0.6) is 0 Å². The molecule has 2 fully saturated rings. The van der Waals surface area contributed by atoms with Crippen molar-refractivity contribution < 1.29 is 38.3 Å². The molecule has 0 spiro atoms. The zero-order chi connectivity index (χ0) is 40.1. The fraction of sp³-hybridized carbons (Fsp3) is 0.667. The lowest BCUT2D eigenvalue weighted by atomic mass is 9.85. The van der Waals surface area contributed by atoms with E-state index >= 15 is 0 Å². The highest BCUT2D eigenvalue weighted by atomic mass is 16.5. The Morgan fingerprint density at radius 1 is 0.943 bits per heavy atom. The standard InChI is InChI=1S/C39H60N6O8/c1-12-13-19-25(30(47)33(49)40-20-26(46)42-28(34(50)44(10)11)23-17-15-14-16-18-23)41-32(48)29-27-24(39(27,8)9)21-45(29)35(51)31(38(5,6)7)43-36(52)53-22-37(2,3)4/h14-18,24-25,27-29,31H,12-13,19-22H2,1-11H3,(H,40,49)(H,41,48)(H,42,46)(H,43,52)/t24-,25?,27?,28-,29?,31+/m0/s1. The van der Waals surface area contributed by atoms with Crippen molar-refractivity contribution in [2.24, 2.45) is 28.1 Å². The van der Waals surface area contributed by atoms with Crippen LogP contribution in [0.25, 0.3) is 0 Å². The van der Waals surface area contributed by atoms with E-state index < -0.39 is 71.6 Å². The van der Waals surface area contributed by atoms with Gasteiger partial charge in [-0.2, -0.15) is 0 Å². The van der Waals surface area contributed by atoms with E-state index in [4.69, 9.17) is 4.74 Å². The van der Waals surface area contributed by atoms with Gasteiger partial charge >= 0.3 is 6.09 Å². The molecule has 1 aromatic carbocycles. The highest BCUT2D eigenvalue weighted by Crippen LogP contribution is 2.65. The second-order valence-corrected chi connectivity index (χ2v) is 17.4. The molecule has 0 bridgehead atoms. The van der Waals surface area contributed by atoms with Gasteiger partial charge in [0.2, 0.25) is 29.4 Å². The summed E-state index contributed by atoms with van der Waals surface area (Å²) in [7, 11) is 3.12. The van der Waals surface area contributed by atoms with Crippen molar-refractivity contribution >= 4 is 41.4 Å². The largest absolute Gasteiger partial charge is 0.449 e. The van der Waals surface area contributed by atoms with Gasteiger partial charge in [0, 0.05) is 20.6 Å². The fourth-order valence-electron chi connectivity index (χ4n) is 6.81. The van der Waals surface area contributed by atoms with Crippen LogP contribution in [0, 0.1) is 28.1 Å². The van der Waals surface area contributed by atoms with E-state index in [9.17, 15) is 33.6 Å². The lowest BCUT2D eigenvalue weighted by Crippen LogP contribution is -2.60. The van der Waals surface area contributed by atoms with Gasteiger partial charge in [0.25, 0.3) is 5.91 Å². The predicted molar refractivity (Wildman–Crippen MR) is 199 cm³/mol. The molecule has 6 atom stereocenters. The number of benzene rings is 1. The summed E-state index contributed by atoms with van der Waals surface area (Å²) in [5, 5.41) is 10.5. The van der Waals surface area contributed by atoms with Crippen molar-refractivity contribution in [3.63, 3.8) is 0 Å². The summed E-state index contributed by atoms with van der Waals surface area (Å²) >= 11 is 0. The summed E-state index contributed by atoms with van der Waals surface area (Å²) in [6, 6.07) is 4.49. The SMILES string of the molecule is CCCCC(NC(=O)C1C2[C@H](CN1C(=O)[C@@H](NC(=O)OCC(C)(C)C)C(C)(C)C)C2(C)C)C(=O)C(=O)NCC(=O)N[C@H](C(=O)N(C)C)c1ccccc1. The monoisotopic (exact) mass is 740 g/mol. The summed E-state index contributed by atoms with van der Waals surface area (Å²) in [6.07, 6.45) is 0.634. The van der Waals surface area contributed by atoms with E-state index in [1.54, 1.807) is 44.4 Å². The second kappa shape index (κ2) is 17.1. The van der Waals surface area contributed by atoms with Gasteiger partial charge in [-0.15, -0.1) is 0 Å². The zero-order valence-corrected chi connectivity index (χ0v) is 33.3. The van der Waals surface area contributed by atoms with Crippen LogP contribution >= 0.6 is 0 Å². The fourth-order valence-corrected chi connectivity index (χ4v) is 6.81. The molecular formula is C39H60N6O8. The van der Waals surface area contributed by atoms with Crippen LogP contribution < -0.4 is 21.3 Å². The Hall–Kier alpha value is -4.49. The number of likely N-dealkylation sites (tertiary alicyclic amines) is 1. The quantitative estimate of drug-likeness (QED) is 0.198. The number of nitrogens with zero attached hydrogens (tertiary/aromatic N) is 2. The molecular weight excluding hydrogens is 680 g/mol. The van der Waals surface area contributed by atoms with E-state index in [2.05, 4.69) is 21.3 Å². The van der Waals surface area contributed by atoms with E-state index in [0.29, 0.717) is 24.9 Å². The maximum Gasteiger partial charge on any atom is 0.407 e. The number of fused-ring (bicyclic) bond motifs is 1. The normalized spacial score (nSPS) is 20.5. The van der Waals surface area contributed by atoms with Gasteiger partial charge in [-0.1, -0.05) is 105 Å². The van der Waals surface area contributed by atoms with Crippen LogP contribution in [-0.2, 0) is 33.5 Å². The maximum absolute atomic E-state index is 14.2. The number of rotatable bonds is 15. The number of hydrogen-bond donors (Lipinski definition) is 4. The van der Waals surface area contributed by atoms with Crippen LogP contribution in [0.2, 0.25) is 0 Å². The molecule has 0 aromatic heterocycles. The van der Waals surface area contributed by atoms with Crippen LogP contribution in [0.1, 0.15) is 93.2 Å². The molecule has 1 aliphatic heterocycles. The number of likely N-dealkylation sites (N-methyl/N-ethyl adjacent to an activating group) is 1. The molecule has 0 radical (unpaired) electrons. The topological polar surface area (TPSA) is 183 Å². The first-order valence-electron chi connectivity index (χ1n) is 18.4. The maximum atomic E-state index is 14.2. The summed E-state index contributed by atoms with van der Waals surface area (Å²) < 4.78 is 5.40. The summed E-state index contributed by atoms with van der Waals surface area (Å²) in [5.41, 5.74) is -0.702. The summed E-state index contributed by atoms with van der Waals surface area (Å²) in [4.78, 5) is 96.4. The van der Waals surface area contributed by atoms with Crippen molar-refractivity contribution in [3.8, 4) is 0 Å². The third-order valence-electron chi connectivity index (χ3n) is 10.0. The number of ether oxygens (including phenoxy) is 1. The average molecular weight is 741 g/mol. The third-order valence-corrected chi connectivity index (χ3v) is 10.0. The molecule has 1 aromatic rings. The highest BCUT2D eigenvalue weighted by Gasteiger charge is 2.70. The molecule has 14 nitrogen and oxygen atoms in total. The van der Waals surface area contributed by atoms with Crippen LogP contribution in [-0.4, -0.2) is 103 Å². The molecule has 6 amide bonds. The van der Waals surface area contributed by atoms with Gasteiger partial charge in [-0.3, -0.25) is 28.8 Å². The van der Waals surface area contributed by atoms with Crippen LogP contribution in [0.4, 0.5) is 4.79 Å². The number of carbonyl (C=O) groups is 7. The Balaban J connectivity index is 1.75. The van der Waals surface area contributed by atoms with E-state index in [1.807, 2.05) is 62.3 Å². The van der Waals surface area contributed by atoms with Gasteiger partial charge in [0.15, 0.2) is 0 Å². The summed E-state index contributed by atoms with van der Waals surface area (Å²) in [6.45, 7) is 17.0. The highest BCUT2D eigenvalue weighted by molar-refractivity contribution is 6.38. The molecule has 1 aliphatic carbocycles.